The van der Waals surface area contributed by atoms with Crippen LogP contribution >= 0.6 is 11.8 Å². The third-order valence-electron chi connectivity index (χ3n) is 2.25. The summed E-state index contributed by atoms with van der Waals surface area (Å²) in [7, 11) is 0. The SMILES string of the molecule is C[C@H](N)c1cccnc1Sc1ccccc1. The van der Waals surface area contributed by atoms with Crippen molar-refractivity contribution in [3.8, 4) is 0 Å². The van der Waals surface area contributed by atoms with E-state index in [1.807, 2.05) is 37.3 Å². The maximum Gasteiger partial charge on any atom is 0.105 e. The molecule has 0 aliphatic rings. The molecule has 2 rings (SSSR count). The van der Waals surface area contributed by atoms with Crippen LogP contribution in [0.1, 0.15) is 18.5 Å². The van der Waals surface area contributed by atoms with Crippen LogP contribution in [0.4, 0.5) is 0 Å². The van der Waals surface area contributed by atoms with Crippen LogP contribution in [0.3, 0.4) is 0 Å². The molecule has 0 radical (unpaired) electrons. The Morgan fingerprint density at radius 1 is 1.12 bits per heavy atom. The molecular weight excluding hydrogens is 216 g/mol. The Morgan fingerprint density at radius 3 is 2.56 bits per heavy atom. The predicted octanol–water partition coefficient (Wildman–Crippen LogP) is 3.25. The number of benzene rings is 1. The van der Waals surface area contributed by atoms with Gasteiger partial charge in [0.2, 0.25) is 0 Å². The Balaban J connectivity index is 2.28. The van der Waals surface area contributed by atoms with Crippen LogP contribution in [-0.4, -0.2) is 4.98 Å². The van der Waals surface area contributed by atoms with Crippen molar-refractivity contribution in [3.63, 3.8) is 0 Å². The van der Waals surface area contributed by atoms with Gasteiger partial charge in [0.1, 0.15) is 5.03 Å². The Bertz CT molecular complexity index is 454. The van der Waals surface area contributed by atoms with Gasteiger partial charge in [0.15, 0.2) is 0 Å². The van der Waals surface area contributed by atoms with E-state index in [4.69, 9.17) is 5.73 Å². The van der Waals surface area contributed by atoms with Crippen LogP contribution in [0.15, 0.2) is 58.6 Å². The summed E-state index contributed by atoms with van der Waals surface area (Å²) in [5.74, 6) is 0. The second-order valence-corrected chi connectivity index (χ2v) is 4.66. The first kappa shape index (κ1) is 11.2. The van der Waals surface area contributed by atoms with E-state index in [0.717, 1.165) is 10.6 Å². The fourth-order valence-electron chi connectivity index (χ4n) is 1.44. The van der Waals surface area contributed by atoms with Gasteiger partial charge in [0, 0.05) is 22.7 Å². The molecule has 1 atom stereocenters. The van der Waals surface area contributed by atoms with E-state index in [2.05, 4.69) is 17.1 Å². The predicted molar refractivity (Wildman–Crippen MR) is 67.4 cm³/mol. The summed E-state index contributed by atoms with van der Waals surface area (Å²) >= 11 is 1.65. The highest BCUT2D eigenvalue weighted by Crippen LogP contribution is 2.30. The van der Waals surface area contributed by atoms with Crippen LogP contribution < -0.4 is 5.73 Å². The third-order valence-corrected chi connectivity index (χ3v) is 3.29. The van der Waals surface area contributed by atoms with Crippen LogP contribution in [0.2, 0.25) is 0 Å². The zero-order valence-electron chi connectivity index (χ0n) is 9.13. The average Bonchev–Trinajstić information content (AvgIpc) is 2.31. The number of hydrogen-bond acceptors (Lipinski definition) is 3. The number of rotatable bonds is 3. The quantitative estimate of drug-likeness (QED) is 0.879. The van der Waals surface area contributed by atoms with Gasteiger partial charge < -0.3 is 5.73 Å². The molecule has 1 heterocycles. The molecule has 16 heavy (non-hydrogen) atoms. The van der Waals surface area contributed by atoms with Gasteiger partial charge in [0.25, 0.3) is 0 Å². The fraction of sp³-hybridized carbons (Fsp3) is 0.154. The van der Waals surface area contributed by atoms with E-state index in [1.54, 1.807) is 18.0 Å². The lowest BCUT2D eigenvalue weighted by atomic mass is 10.2. The van der Waals surface area contributed by atoms with Crippen molar-refractivity contribution in [2.75, 3.05) is 0 Å². The normalized spacial score (nSPS) is 12.4. The van der Waals surface area contributed by atoms with Gasteiger partial charge in [-0.25, -0.2) is 4.98 Å². The molecule has 0 bridgehead atoms. The van der Waals surface area contributed by atoms with E-state index in [0.29, 0.717) is 0 Å². The minimum absolute atomic E-state index is 0.0138. The van der Waals surface area contributed by atoms with Crippen molar-refractivity contribution in [1.82, 2.24) is 4.98 Å². The molecule has 0 aliphatic heterocycles. The van der Waals surface area contributed by atoms with Crippen LogP contribution in [-0.2, 0) is 0 Å². The van der Waals surface area contributed by atoms with Crippen molar-refractivity contribution in [3.05, 3.63) is 54.2 Å². The summed E-state index contributed by atoms with van der Waals surface area (Å²) in [4.78, 5) is 5.56. The molecule has 2 N–H and O–H groups in total. The first-order valence-corrected chi connectivity index (χ1v) is 6.02. The molecule has 0 spiro atoms. The molecule has 82 valence electrons. The Morgan fingerprint density at radius 2 is 1.88 bits per heavy atom. The summed E-state index contributed by atoms with van der Waals surface area (Å²) in [6.07, 6.45) is 1.80. The van der Waals surface area contributed by atoms with E-state index in [9.17, 15) is 0 Å². The molecule has 0 saturated heterocycles. The minimum atomic E-state index is 0.0138. The summed E-state index contributed by atoms with van der Waals surface area (Å²) in [6, 6.07) is 14.2. The molecule has 1 aromatic heterocycles. The lowest BCUT2D eigenvalue weighted by Gasteiger charge is -2.10. The van der Waals surface area contributed by atoms with Crippen LogP contribution in [0.25, 0.3) is 0 Å². The number of aromatic nitrogens is 1. The molecular formula is C13H14N2S. The number of pyridine rings is 1. The maximum atomic E-state index is 5.91. The van der Waals surface area contributed by atoms with Gasteiger partial charge in [-0.1, -0.05) is 36.0 Å². The van der Waals surface area contributed by atoms with Crippen molar-refractivity contribution in [1.29, 1.82) is 0 Å². The summed E-state index contributed by atoms with van der Waals surface area (Å²) in [6.45, 7) is 1.98. The second-order valence-electron chi connectivity index (χ2n) is 3.60. The van der Waals surface area contributed by atoms with Crippen molar-refractivity contribution in [2.24, 2.45) is 5.73 Å². The van der Waals surface area contributed by atoms with Crippen molar-refractivity contribution >= 4 is 11.8 Å². The van der Waals surface area contributed by atoms with Gasteiger partial charge in [-0.05, 0) is 25.1 Å². The Hall–Kier alpha value is -1.32. The van der Waals surface area contributed by atoms with Gasteiger partial charge in [-0.15, -0.1) is 0 Å². The lowest BCUT2D eigenvalue weighted by Crippen LogP contribution is -2.06. The zero-order valence-corrected chi connectivity index (χ0v) is 9.95. The highest BCUT2D eigenvalue weighted by molar-refractivity contribution is 7.99. The van der Waals surface area contributed by atoms with E-state index in [1.165, 1.54) is 4.90 Å². The average molecular weight is 230 g/mol. The molecule has 2 nitrogen and oxygen atoms in total. The van der Waals surface area contributed by atoms with E-state index in [-0.39, 0.29) is 6.04 Å². The minimum Gasteiger partial charge on any atom is -0.324 e. The highest BCUT2D eigenvalue weighted by atomic mass is 32.2. The molecule has 0 aliphatic carbocycles. The standard InChI is InChI=1S/C13H14N2S/c1-10(14)12-8-5-9-15-13(12)16-11-6-3-2-4-7-11/h2-10H,14H2,1H3/t10-/m0/s1. The molecule has 0 fully saturated rings. The fourth-order valence-corrected chi connectivity index (χ4v) is 2.44. The van der Waals surface area contributed by atoms with E-state index < -0.39 is 0 Å². The Labute approximate surface area is 99.9 Å². The van der Waals surface area contributed by atoms with Crippen molar-refractivity contribution in [2.45, 2.75) is 22.9 Å². The summed E-state index contributed by atoms with van der Waals surface area (Å²) in [5, 5.41) is 0.990. The first-order chi connectivity index (χ1) is 7.77. The lowest BCUT2D eigenvalue weighted by molar-refractivity contribution is 0.779. The third kappa shape index (κ3) is 2.62. The van der Waals surface area contributed by atoms with Crippen LogP contribution in [0.5, 0.6) is 0 Å². The van der Waals surface area contributed by atoms with Gasteiger partial charge >= 0.3 is 0 Å². The maximum absolute atomic E-state index is 5.91. The van der Waals surface area contributed by atoms with Gasteiger partial charge in [0.05, 0.1) is 0 Å². The highest BCUT2D eigenvalue weighted by Gasteiger charge is 2.08. The summed E-state index contributed by atoms with van der Waals surface area (Å²) < 4.78 is 0. The zero-order chi connectivity index (χ0) is 11.4. The molecule has 0 saturated carbocycles. The second kappa shape index (κ2) is 5.14. The number of nitrogens with two attached hydrogens (primary N) is 1. The molecule has 0 amide bonds. The summed E-state index contributed by atoms with van der Waals surface area (Å²) in [5.41, 5.74) is 7.01. The monoisotopic (exact) mass is 230 g/mol. The van der Waals surface area contributed by atoms with Crippen molar-refractivity contribution < 1.29 is 0 Å². The first-order valence-electron chi connectivity index (χ1n) is 5.21. The number of nitrogens with zero attached hydrogens (tertiary/aromatic N) is 1. The molecule has 3 heteroatoms. The van der Waals surface area contributed by atoms with E-state index >= 15 is 0 Å². The smallest absolute Gasteiger partial charge is 0.105 e. The largest absolute Gasteiger partial charge is 0.324 e. The topological polar surface area (TPSA) is 38.9 Å². The molecule has 2 aromatic rings. The van der Waals surface area contributed by atoms with Gasteiger partial charge in [-0.2, -0.15) is 0 Å². The molecule has 0 unspecified atom stereocenters. The van der Waals surface area contributed by atoms with Crippen LogP contribution in [0, 0.1) is 0 Å². The van der Waals surface area contributed by atoms with Gasteiger partial charge in [-0.3, -0.25) is 0 Å². The Kier molecular flexibility index (Phi) is 3.59. The number of hydrogen-bond donors (Lipinski definition) is 1. The molecule has 1 aromatic carbocycles.